The Morgan fingerprint density at radius 2 is 1.65 bits per heavy atom. The summed E-state index contributed by atoms with van der Waals surface area (Å²) in [4.78, 5) is 17.0. The molecule has 31 heavy (non-hydrogen) atoms. The molecule has 0 spiro atoms. The Morgan fingerprint density at radius 1 is 0.968 bits per heavy atom. The van der Waals surface area contributed by atoms with Gasteiger partial charge < -0.3 is 15.4 Å². The van der Waals surface area contributed by atoms with Crippen molar-refractivity contribution in [2.75, 3.05) is 23.8 Å². The number of nitrogens with one attached hydrogen (secondary N) is 2. The number of pyridine rings is 1. The predicted molar refractivity (Wildman–Crippen MR) is 125 cm³/mol. The van der Waals surface area contributed by atoms with Crippen LogP contribution in [-0.4, -0.2) is 30.1 Å². The Balaban J connectivity index is 1.35. The molecule has 1 fully saturated rings. The van der Waals surface area contributed by atoms with E-state index in [1.165, 1.54) is 0 Å². The van der Waals surface area contributed by atoms with Crippen molar-refractivity contribution in [2.24, 2.45) is 0 Å². The topological polar surface area (TPSA) is 63.2 Å². The number of benzene rings is 2. The maximum Gasteiger partial charge on any atom is 0.231 e. The molecule has 1 amide bonds. The molecule has 0 bridgehead atoms. The third kappa shape index (κ3) is 5.50. The van der Waals surface area contributed by atoms with Crippen LogP contribution in [0.4, 0.5) is 11.4 Å². The maximum absolute atomic E-state index is 12.8. The van der Waals surface area contributed by atoms with Gasteiger partial charge in [0.15, 0.2) is 0 Å². The predicted octanol–water partition coefficient (Wildman–Crippen LogP) is 5.39. The number of hydrogen-bond acceptors (Lipinski definition) is 4. The summed E-state index contributed by atoms with van der Waals surface area (Å²) in [6.45, 7) is 5.55. The summed E-state index contributed by atoms with van der Waals surface area (Å²) in [6.07, 6.45) is 3.87. The first-order chi connectivity index (χ1) is 15.1. The number of anilines is 2. The molecule has 2 aromatic carbocycles. The van der Waals surface area contributed by atoms with E-state index < -0.39 is 0 Å². The van der Waals surface area contributed by atoms with E-state index in [0.29, 0.717) is 6.04 Å². The van der Waals surface area contributed by atoms with Crippen molar-refractivity contribution >= 4 is 17.3 Å². The van der Waals surface area contributed by atoms with Crippen LogP contribution >= 0.6 is 0 Å². The zero-order chi connectivity index (χ0) is 21.6. The monoisotopic (exact) mass is 415 g/mol. The smallest absolute Gasteiger partial charge is 0.231 e. The van der Waals surface area contributed by atoms with E-state index in [-0.39, 0.29) is 11.8 Å². The van der Waals surface area contributed by atoms with Gasteiger partial charge in [0, 0.05) is 42.5 Å². The van der Waals surface area contributed by atoms with Gasteiger partial charge in [0.1, 0.15) is 0 Å². The van der Waals surface area contributed by atoms with Crippen LogP contribution in [0, 0.1) is 6.92 Å². The van der Waals surface area contributed by atoms with Crippen LogP contribution in [0.3, 0.4) is 0 Å². The molecule has 0 radical (unpaired) electrons. The van der Waals surface area contributed by atoms with Crippen LogP contribution in [-0.2, 0) is 9.53 Å². The minimum Gasteiger partial charge on any atom is -0.382 e. The van der Waals surface area contributed by atoms with Gasteiger partial charge in [-0.15, -0.1) is 0 Å². The fourth-order valence-electron chi connectivity index (χ4n) is 3.82. The Kier molecular flexibility index (Phi) is 6.63. The molecule has 2 N–H and O–H groups in total. The molecule has 0 aliphatic carbocycles. The Labute approximate surface area is 183 Å². The average Bonchev–Trinajstić information content (AvgIpc) is 2.80. The number of ether oxygens (including phenoxy) is 1. The van der Waals surface area contributed by atoms with Crippen LogP contribution in [0.1, 0.15) is 36.9 Å². The van der Waals surface area contributed by atoms with Crippen LogP contribution in [0.15, 0.2) is 66.9 Å². The number of aryl methyl sites for hydroxylation is 1. The average molecular weight is 416 g/mol. The lowest BCUT2D eigenvalue weighted by Gasteiger charge is -2.24. The fourth-order valence-corrected chi connectivity index (χ4v) is 3.82. The molecule has 3 aromatic rings. The first kappa shape index (κ1) is 21.1. The zero-order valence-electron chi connectivity index (χ0n) is 18.1. The SMILES string of the molecule is Cc1cc(-c2ccc(NC(=O)C(C)c3ccc(NC4CCOCC4)cc3)cc2)ccn1. The second-order valence-electron chi connectivity index (χ2n) is 8.13. The van der Waals surface area contributed by atoms with E-state index in [1.807, 2.05) is 62.5 Å². The van der Waals surface area contributed by atoms with Crippen molar-refractivity contribution in [2.45, 2.75) is 38.6 Å². The minimum atomic E-state index is -0.236. The second kappa shape index (κ2) is 9.75. The van der Waals surface area contributed by atoms with Gasteiger partial charge in [-0.25, -0.2) is 0 Å². The molecule has 4 rings (SSSR count). The van der Waals surface area contributed by atoms with Gasteiger partial charge in [0.2, 0.25) is 5.91 Å². The molecular weight excluding hydrogens is 386 g/mol. The third-order valence-electron chi connectivity index (χ3n) is 5.78. The number of carbonyl (C=O) groups excluding carboxylic acids is 1. The Hall–Kier alpha value is -3.18. The molecule has 1 aliphatic rings. The highest BCUT2D eigenvalue weighted by Crippen LogP contribution is 2.24. The highest BCUT2D eigenvalue weighted by atomic mass is 16.5. The number of carbonyl (C=O) groups is 1. The molecule has 2 heterocycles. The summed E-state index contributed by atoms with van der Waals surface area (Å²) in [6, 6.07) is 20.6. The third-order valence-corrected chi connectivity index (χ3v) is 5.78. The molecule has 1 aliphatic heterocycles. The Bertz CT molecular complexity index is 1010. The molecule has 1 aromatic heterocycles. The van der Waals surface area contributed by atoms with Crippen molar-refractivity contribution in [3.8, 4) is 11.1 Å². The lowest BCUT2D eigenvalue weighted by atomic mass is 9.99. The first-order valence-electron chi connectivity index (χ1n) is 10.9. The highest BCUT2D eigenvalue weighted by molar-refractivity contribution is 5.95. The number of nitrogens with zero attached hydrogens (tertiary/aromatic N) is 1. The van der Waals surface area contributed by atoms with Gasteiger partial charge in [0.25, 0.3) is 0 Å². The molecule has 160 valence electrons. The largest absolute Gasteiger partial charge is 0.382 e. The van der Waals surface area contributed by atoms with Crippen molar-refractivity contribution in [3.63, 3.8) is 0 Å². The van der Waals surface area contributed by atoms with Gasteiger partial charge in [0.05, 0.1) is 5.92 Å². The quantitative estimate of drug-likeness (QED) is 0.567. The lowest BCUT2D eigenvalue weighted by Crippen LogP contribution is -2.27. The number of hydrogen-bond donors (Lipinski definition) is 2. The van der Waals surface area contributed by atoms with Crippen LogP contribution in [0.5, 0.6) is 0 Å². The van der Waals surface area contributed by atoms with Gasteiger partial charge in [-0.3, -0.25) is 9.78 Å². The number of amides is 1. The summed E-state index contributed by atoms with van der Waals surface area (Å²) in [5, 5.41) is 6.58. The van der Waals surface area contributed by atoms with Gasteiger partial charge in [-0.2, -0.15) is 0 Å². The zero-order valence-corrected chi connectivity index (χ0v) is 18.1. The van der Waals surface area contributed by atoms with E-state index >= 15 is 0 Å². The highest BCUT2D eigenvalue weighted by Gasteiger charge is 2.17. The number of rotatable bonds is 6. The van der Waals surface area contributed by atoms with E-state index in [9.17, 15) is 4.79 Å². The van der Waals surface area contributed by atoms with E-state index in [2.05, 4.69) is 33.8 Å². The van der Waals surface area contributed by atoms with Crippen molar-refractivity contribution in [1.82, 2.24) is 4.98 Å². The fraction of sp³-hybridized carbons (Fsp3) is 0.308. The van der Waals surface area contributed by atoms with E-state index in [1.54, 1.807) is 0 Å². The molecular formula is C26H29N3O2. The lowest BCUT2D eigenvalue weighted by molar-refractivity contribution is -0.117. The van der Waals surface area contributed by atoms with Gasteiger partial charge in [-0.1, -0.05) is 24.3 Å². The molecule has 1 unspecified atom stereocenters. The maximum atomic E-state index is 12.8. The summed E-state index contributed by atoms with van der Waals surface area (Å²) >= 11 is 0. The van der Waals surface area contributed by atoms with Gasteiger partial charge in [-0.05, 0) is 79.8 Å². The summed E-state index contributed by atoms with van der Waals surface area (Å²) in [5.74, 6) is -0.253. The van der Waals surface area contributed by atoms with Crippen LogP contribution < -0.4 is 10.6 Å². The summed E-state index contributed by atoms with van der Waals surface area (Å²) in [5.41, 5.74) is 6.09. The van der Waals surface area contributed by atoms with Gasteiger partial charge >= 0.3 is 0 Å². The summed E-state index contributed by atoms with van der Waals surface area (Å²) < 4.78 is 5.41. The molecule has 5 heteroatoms. The molecule has 1 saturated heterocycles. The molecule has 0 saturated carbocycles. The first-order valence-corrected chi connectivity index (χ1v) is 10.9. The van der Waals surface area contributed by atoms with Crippen LogP contribution in [0.2, 0.25) is 0 Å². The van der Waals surface area contributed by atoms with Crippen LogP contribution in [0.25, 0.3) is 11.1 Å². The minimum absolute atomic E-state index is 0.0161. The van der Waals surface area contributed by atoms with Crippen molar-refractivity contribution in [3.05, 3.63) is 78.1 Å². The van der Waals surface area contributed by atoms with E-state index in [0.717, 1.165) is 59.8 Å². The van der Waals surface area contributed by atoms with Crippen molar-refractivity contribution < 1.29 is 9.53 Å². The molecule has 1 atom stereocenters. The second-order valence-corrected chi connectivity index (χ2v) is 8.13. The van der Waals surface area contributed by atoms with E-state index in [4.69, 9.17) is 4.74 Å². The molecule has 5 nitrogen and oxygen atoms in total. The number of aromatic nitrogens is 1. The van der Waals surface area contributed by atoms with Crippen molar-refractivity contribution in [1.29, 1.82) is 0 Å². The Morgan fingerprint density at radius 3 is 2.32 bits per heavy atom. The normalized spacial score (nSPS) is 15.3. The standard InChI is InChI=1S/C26H29N3O2/c1-18-17-22(11-14-27-18)21-5-9-24(10-6-21)29-26(30)19(2)20-3-7-23(8-4-20)28-25-12-15-31-16-13-25/h3-11,14,17,19,25,28H,12-13,15-16H2,1-2H3,(H,29,30). The summed E-state index contributed by atoms with van der Waals surface area (Å²) in [7, 11) is 0.